The summed E-state index contributed by atoms with van der Waals surface area (Å²) in [7, 11) is 0. The lowest BCUT2D eigenvalue weighted by molar-refractivity contribution is 0.669. The summed E-state index contributed by atoms with van der Waals surface area (Å²) in [5.41, 5.74) is 10.00. The molecule has 0 unspecified atom stereocenters. The number of para-hydroxylation sites is 4. The van der Waals surface area contributed by atoms with Gasteiger partial charge in [0.15, 0.2) is 0 Å². The summed E-state index contributed by atoms with van der Waals surface area (Å²) in [4.78, 5) is 0. The molecule has 5 nitrogen and oxygen atoms in total. The zero-order chi connectivity index (χ0) is 32.6. The molecule has 0 aliphatic heterocycles. The Morgan fingerprint density at radius 2 is 1.00 bits per heavy atom. The summed E-state index contributed by atoms with van der Waals surface area (Å²) in [6.07, 6.45) is 0. The Kier molecular flexibility index (Phi) is 5.64. The summed E-state index contributed by atoms with van der Waals surface area (Å²) in [6, 6.07) is 54.1. The molecule has 0 saturated heterocycles. The number of benzene rings is 7. The van der Waals surface area contributed by atoms with E-state index in [-0.39, 0.29) is 0 Å². The molecule has 10 aromatic rings. The average molecular weight is 625 g/mol. The molecule has 0 amide bonds. The number of furan rings is 1. The van der Waals surface area contributed by atoms with E-state index < -0.39 is 0 Å². The molecule has 7 aromatic carbocycles. The van der Waals surface area contributed by atoms with Gasteiger partial charge in [0.25, 0.3) is 0 Å². The van der Waals surface area contributed by atoms with Crippen molar-refractivity contribution in [3.63, 3.8) is 0 Å². The van der Waals surface area contributed by atoms with Gasteiger partial charge in [0.2, 0.25) is 0 Å². The second-order valence-corrected chi connectivity index (χ2v) is 12.3. The number of nitrogens with zero attached hydrogens (tertiary/aromatic N) is 4. The summed E-state index contributed by atoms with van der Waals surface area (Å²) < 4.78 is 10.7. The van der Waals surface area contributed by atoms with Crippen LogP contribution in [0.15, 0.2) is 150 Å². The number of rotatable bonds is 3. The second kappa shape index (κ2) is 10.2. The highest BCUT2D eigenvalue weighted by molar-refractivity contribution is 6.17. The predicted molar refractivity (Wildman–Crippen MR) is 197 cm³/mol. The number of hydrogen-bond acceptors (Lipinski definition) is 3. The van der Waals surface area contributed by atoms with Crippen LogP contribution >= 0.6 is 0 Å². The zero-order valence-corrected chi connectivity index (χ0v) is 26.1. The molecular formula is C44H24N4O. The first-order valence-corrected chi connectivity index (χ1v) is 16.1. The monoisotopic (exact) mass is 624 g/mol. The van der Waals surface area contributed by atoms with Crippen LogP contribution in [-0.2, 0) is 0 Å². The van der Waals surface area contributed by atoms with Crippen LogP contribution in [0.5, 0.6) is 0 Å². The van der Waals surface area contributed by atoms with Crippen molar-refractivity contribution in [2.75, 3.05) is 0 Å². The number of nitriles is 2. The number of fused-ring (bicyclic) bond motifs is 9. The molecule has 0 spiro atoms. The normalized spacial score (nSPS) is 11.6. The minimum atomic E-state index is 0.505. The van der Waals surface area contributed by atoms with Crippen LogP contribution in [0.1, 0.15) is 11.1 Å². The zero-order valence-electron chi connectivity index (χ0n) is 26.1. The molecule has 0 atom stereocenters. The first kappa shape index (κ1) is 27.1. The highest BCUT2D eigenvalue weighted by Gasteiger charge is 2.21. The summed E-state index contributed by atoms with van der Waals surface area (Å²) in [6.45, 7) is 0. The van der Waals surface area contributed by atoms with Gasteiger partial charge >= 0.3 is 0 Å². The molecule has 3 aromatic heterocycles. The smallest absolute Gasteiger partial charge is 0.137 e. The van der Waals surface area contributed by atoms with Gasteiger partial charge < -0.3 is 13.6 Å². The molecule has 5 heteroatoms. The van der Waals surface area contributed by atoms with Crippen molar-refractivity contribution in [3.05, 3.63) is 157 Å². The highest BCUT2D eigenvalue weighted by atomic mass is 16.3. The number of aromatic nitrogens is 2. The minimum Gasteiger partial charge on any atom is -0.456 e. The highest BCUT2D eigenvalue weighted by Crippen LogP contribution is 2.41. The van der Waals surface area contributed by atoms with E-state index in [1.807, 2.05) is 72.8 Å². The topological polar surface area (TPSA) is 70.6 Å². The molecule has 0 aliphatic rings. The maximum atomic E-state index is 10.7. The molecular weight excluding hydrogens is 601 g/mol. The first-order chi connectivity index (χ1) is 24.2. The quantitative estimate of drug-likeness (QED) is 0.196. The fourth-order valence-corrected chi connectivity index (χ4v) is 7.73. The first-order valence-electron chi connectivity index (χ1n) is 16.1. The lowest BCUT2D eigenvalue weighted by atomic mass is 9.95. The Morgan fingerprint density at radius 1 is 0.408 bits per heavy atom. The van der Waals surface area contributed by atoms with Gasteiger partial charge in [-0.15, -0.1) is 0 Å². The molecule has 0 radical (unpaired) electrons. The summed E-state index contributed by atoms with van der Waals surface area (Å²) in [5.74, 6) is 0. The maximum Gasteiger partial charge on any atom is 0.137 e. The Hall–Kier alpha value is -7.08. The molecule has 226 valence electrons. The largest absolute Gasteiger partial charge is 0.456 e. The van der Waals surface area contributed by atoms with Crippen molar-refractivity contribution in [2.45, 2.75) is 0 Å². The van der Waals surface area contributed by atoms with Gasteiger partial charge in [-0.05, 0) is 60.2 Å². The van der Waals surface area contributed by atoms with Crippen molar-refractivity contribution < 1.29 is 4.42 Å². The van der Waals surface area contributed by atoms with Gasteiger partial charge in [-0.2, -0.15) is 10.5 Å². The molecule has 3 heterocycles. The van der Waals surface area contributed by atoms with Crippen LogP contribution in [-0.4, -0.2) is 9.13 Å². The van der Waals surface area contributed by atoms with Gasteiger partial charge in [-0.1, -0.05) is 84.9 Å². The van der Waals surface area contributed by atoms with E-state index in [1.165, 1.54) is 0 Å². The van der Waals surface area contributed by atoms with Crippen LogP contribution in [0, 0.1) is 22.7 Å². The maximum absolute atomic E-state index is 10.7. The molecule has 0 aliphatic carbocycles. The second-order valence-electron chi connectivity index (χ2n) is 12.3. The summed E-state index contributed by atoms with van der Waals surface area (Å²) in [5, 5.41) is 27.7. The fourth-order valence-electron chi connectivity index (χ4n) is 7.73. The van der Waals surface area contributed by atoms with Crippen LogP contribution in [0.2, 0.25) is 0 Å². The third-order valence-electron chi connectivity index (χ3n) is 9.80. The van der Waals surface area contributed by atoms with Crippen LogP contribution in [0.4, 0.5) is 0 Å². The van der Waals surface area contributed by atoms with Crippen LogP contribution in [0.3, 0.4) is 0 Å². The molecule has 49 heavy (non-hydrogen) atoms. The lowest BCUT2D eigenvalue weighted by Gasteiger charge is -2.17. The third kappa shape index (κ3) is 3.79. The Morgan fingerprint density at radius 3 is 1.67 bits per heavy atom. The van der Waals surface area contributed by atoms with E-state index in [0.717, 1.165) is 88.1 Å². The molecule has 0 saturated carbocycles. The SMILES string of the molecule is N#Cc1cc(-c2c(C#N)cccc2-n2c3ccccc3c3ccccc32)ccc1-n1c2ccccc2c2cc3c(cc21)oc1ccccc13. The van der Waals surface area contributed by atoms with Crippen molar-refractivity contribution in [2.24, 2.45) is 0 Å². The van der Waals surface area contributed by atoms with E-state index in [0.29, 0.717) is 11.1 Å². The van der Waals surface area contributed by atoms with Crippen LogP contribution < -0.4 is 0 Å². The van der Waals surface area contributed by atoms with Gasteiger partial charge in [-0.3, -0.25) is 0 Å². The summed E-state index contributed by atoms with van der Waals surface area (Å²) >= 11 is 0. The molecule has 10 rings (SSSR count). The van der Waals surface area contributed by atoms with Gasteiger partial charge in [0, 0.05) is 43.9 Å². The predicted octanol–water partition coefficient (Wildman–Crippen LogP) is 11.2. The molecule has 0 fully saturated rings. The molecule has 0 bridgehead atoms. The van der Waals surface area contributed by atoms with Crippen molar-refractivity contribution >= 4 is 65.6 Å². The lowest BCUT2D eigenvalue weighted by Crippen LogP contribution is -2.01. The van der Waals surface area contributed by atoms with E-state index in [9.17, 15) is 10.5 Å². The van der Waals surface area contributed by atoms with E-state index in [2.05, 4.69) is 94.1 Å². The standard InChI is InChI=1S/C44H24N4O/c45-25-28-10-9-18-40(48-37-15-5-1-11-30(37)31-12-2-6-16-38(31)48)44(28)27-20-21-36(29(22-27)26-46)47-39-17-7-3-13-32(39)34-23-35-33-14-4-8-19-42(33)49-43(35)24-41(34)47/h1-24H. The Labute approximate surface area is 280 Å². The third-order valence-corrected chi connectivity index (χ3v) is 9.80. The van der Waals surface area contributed by atoms with Crippen molar-refractivity contribution in [1.82, 2.24) is 9.13 Å². The van der Waals surface area contributed by atoms with Crippen LogP contribution in [0.25, 0.3) is 88.1 Å². The van der Waals surface area contributed by atoms with Gasteiger partial charge in [0.05, 0.1) is 50.6 Å². The van der Waals surface area contributed by atoms with Gasteiger partial charge in [0.1, 0.15) is 17.2 Å². The van der Waals surface area contributed by atoms with E-state index in [1.54, 1.807) is 0 Å². The fraction of sp³-hybridized carbons (Fsp3) is 0. The Bertz CT molecular complexity index is 3030. The van der Waals surface area contributed by atoms with Crippen molar-refractivity contribution in [3.8, 4) is 34.6 Å². The minimum absolute atomic E-state index is 0.505. The van der Waals surface area contributed by atoms with Gasteiger partial charge in [-0.25, -0.2) is 0 Å². The molecule has 0 N–H and O–H groups in total. The van der Waals surface area contributed by atoms with E-state index in [4.69, 9.17) is 4.42 Å². The Balaban J connectivity index is 1.24. The number of hydrogen-bond donors (Lipinski definition) is 0. The van der Waals surface area contributed by atoms with Crippen molar-refractivity contribution in [1.29, 1.82) is 10.5 Å². The average Bonchev–Trinajstić information content (AvgIpc) is 3.80. The van der Waals surface area contributed by atoms with E-state index >= 15 is 0 Å².